The van der Waals surface area contributed by atoms with E-state index in [0.29, 0.717) is 5.56 Å². The Morgan fingerprint density at radius 3 is 2.46 bits per heavy atom. The van der Waals surface area contributed by atoms with Crippen LogP contribution in [-0.2, 0) is 0 Å². The molecule has 4 rings (SSSR count). The van der Waals surface area contributed by atoms with Gasteiger partial charge in [0, 0.05) is 11.1 Å². The number of carbonyl (C=O) groups is 1. The van der Waals surface area contributed by atoms with Gasteiger partial charge in [0.05, 0.1) is 17.3 Å². The normalized spacial score (nSPS) is 10.8. The topological polar surface area (TPSA) is 65.2 Å². The van der Waals surface area contributed by atoms with Crippen LogP contribution in [0.2, 0.25) is 0 Å². The van der Waals surface area contributed by atoms with Gasteiger partial charge < -0.3 is 10.5 Å². The molecule has 0 fully saturated rings. The van der Waals surface area contributed by atoms with E-state index in [-0.39, 0.29) is 0 Å². The molecule has 0 saturated heterocycles. The minimum absolute atomic E-state index is 0.426. The minimum Gasteiger partial charge on any atom is -0.497 e. The van der Waals surface area contributed by atoms with Crippen molar-refractivity contribution >= 4 is 27.5 Å². The summed E-state index contributed by atoms with van der Waals surface area (Å²) in [7, 11) is 1.66. The minimum atomic E-state index is -0.426. The molecule has 0 saturated carbocycles. The van der Waals surface area contributed by atoms with Gasteiger partial charge in [-0.05, 0) is 35.4 Å². The lowest BCUT2D eigenvalue weighted by Crippen LogP contribution is -2.12. The zero-order valence-corrected chi connectivity index (χ0v) is 14.9. The molecule has 0 radical (unpaired) electrons. The molecule has 0 aliphatic heterocycles. The predicted octanol–water partition coefficient (Wildman–Crippen LogP) is 4.74. The average molecular weight is 360 g/mol. The Bertz CT molecular complexity index is 1100. The molecule has 1 aromatic heterocycles. The first kappa shape index (κ1) is 16.3. The maximum Gasteiger partial charge on any atom is 0.249 e. The third-order valence-electron chi connectivity index (χ3n) is 4.23. The van der Waals surface area contributed by atoms with E-state index in [1.165, 1.54) is 0 Å². The number of ether oxygens (including phenoxy) is 1. The number of thiazole rings is 1. The van der Waals surface area contributed by atoms with E-state index in [1.54, 1.807) is 24.5 Å². The molecule has 4 nitrogen and oxygen atoms in total. The highest BCUT2D eigenvalue weighted by Crippen LogP contribution is 2.33. The van der Waals surface area contributed by atoms with Crippen molar-refractivity contribution in [2.24, 2.45) is 5.73 Å². The lowest BCUT2D eigenvalue weighted by atomic mass is 9.98. The number of primary amides is 1. The van der Waals surface area contributed by atoms with Gasteiger partial charge in [-0.2, -0.15) is 0 Å². The van der Waals surface area contributed by atoms with Gasteiger partial charge in [0.25, 0.3) is 0 Å². The van der Waals surface area contributed by atoms with Crippen molar-refractivity contribution in [1.29, 1.82) is 0 Å². The van der Waals surface area contributed by atoms with Crippen LogP contribution < -0.4 is 10.5 Å². The smallest absolute Gasteiger partial charge is 0.249 e. The molecule has 1 amide bonds. The van der Waals surface area contributed by atoms with Crippen LogP contribution >= 0.6 is 11.3 Å². The number of fused-ring (bicyclic) bond motifs is 1. The summed E-state index contributed by atoms with van der Waals surface area (Å²) in [6, 6.07) is 21.2. The second-order valence-electron chi connectivity index (χ2n) is 5.84. The number of nitrogens with zero attached hydrogens (tertiary/aromatic N) is 1. The summed E-state index contributed by atoms with van der Waals surface area (Å²) < 4.78 is 6.36. The highest BCUT2D eigenvalue weighted by atomic mass is 32.1. The van der Waals surface area contributed by atoms with Gasteiger partial charge in [0.2, 0.25) is 5.91 Å². The van der Waals surface area contributed by atoms with E-state index in [4.69, 9.17) is 15.5 Å². The van der Waals surface area contributed by atoms with Gasteiger partial charge in [-0.15, -0.1) is 11.3 Å². The molecule has 0 aliphatic carbocycles. The molecule has 128 valence electrons. The maximum absolute atomic E-state index is 11.6. The van der Waals surface area contributed by atoms with Crippen molar-refractivity contribution in [3.05, 3.63) is 72.3 Å². The van der Waals surface area contributed by atoms with Gasteiger partial charge >= 0.3 is 0 Å². The molecule has 0 unspecified atom stereocenters. The van der Waals surface area contributed by atoms with Crippen molar-refractivity contribution in [3.63, 3.8) is 0 Å². The van der Waals surface area contributed by atoms with Crippen LogP contribution in [0.3, 0.4) is 0 Å². The molecule has 1 heterocycles. The van der Waals surface area contributed by atoms with Gasteiger partial charge in [-0.1, -0.05) is 42.5 Å². The Hall–Kier alpha value is -3.18. The Balaban J connectivity index is 1.71. The lowest BCUT2D eigenvalue weighted by molar-refractivity contribution is 0.100. The van der Waals surface area contributed by atoms with E-state index in [0.717, 1.165) is 37.7 Å². The van der Waals surface area contributed by atoms with Crippen molar-refractivity contribution in [1.82, 2.24) is 4.98 Å². The van der Waals surface area contributed by atoms with E-state index in [2.05, 4.69) is 0 Å². The average Bonchev–Trinajstić information content (AvgIpc) is 3.11. The second kappa shape index (κ2) is 6.61. The quantitative estimate of drug-likeness (QED) is 0.572. The number of methoxy groups -OCH3 is 1. The van der Waals surface area contributed by atoms with Crippen LogP contribution in [0.15, 0.2) is 66.7 Å². The summed E-state index contributed by atoms with van der Waals surface area (Å²) >= 11 is 1.62. The molecule has 0 aliphatic rings. The molecule has 0 bridgehead atoms. The maximum atomic E-state index is 11.6. The zero-order valence-electron chi connectivity index (χ0n) is 14.1. The van der Waals surface area contributed by atoms with E-state index in [1.807, 2.05) is 60.7 Å². The number of amides is 1. The van der Waals surface area contributed by atoms with Gasteiger partial charge in [0.15, 0.2) is 0 Å². The third kappa shape index (κ3) is 2.93. The fourth-order valence-electron chi connectivity index (χ4n) is 2.90. The summed E-state index contributed by atoms with van der Waals surface area (Å²) in [5, 5.41) is 0.947. The summed E-state index contributed by atoms with van der Waals surface area (Å²) in [6.45, 7) is 0. The van der Waals surface area contributed by atoms with Crippen LogP contribution in [-0.4, -0.2) is 18.0 Å². The molecule has 0 spiro atoms. The predicted molar refractivity (Wildman–Crippen MR) is 106 cm³/mol. The number of hydrogen-bond donors (Lipinski definition) is 1. The summed E-state index contributed by atoms with van der Waals surface area (Å²) in [4.78, 5) is 16.3. The molecule has 26 heavy (non-hydrogen) atoms. The second-order valence-corrected chi connectivity index (χ2v) is 6.87. The van der Waals surface area contributed by atoms with E-state index in [9.17, 15) is 4.79 Å². The van der Waals surface area contributed by atoms with Crippen molar-refractivity contribution in [2.45, 2.75) is 0 Å². The number of aromatic nitrogens is 1. The summed E-state index contributed by atoms with van der Waals surface area (Å²) in [5.74, 6) is 0.399. The number of nitrogens with two attached hydrogens (primary N) is 1. The molecular weight excluding hydrogens is 344 g/mol. The van der Waals surface area contributed by atoms with E-state index < -0.39 is 5.91 Å². The largest absolute Gasteiger partial charge is 0.497 e. The first-order chi connectivity index (χ1) is 12.7. The number of carbonyl (C=O) groups excluding carboxylic acids is 1. The highest BCUT2D eigenvalue weighted by molar-refractivity contribution is 7.21. The lowest BCUT2D eigenvalue weighted by Gasteiger charge is -2.07. The van der Waals surface area contributed by atoms with Crippen LogP contribution in [0.25, 0.3) is 31.9 Å². The summed E-state index contributed by atoms with van der Waals surface area (Å²) in [6.07, 6.45) is 0. The van der Waals surface area contributed by atoms with Crippen molar-refractivity contribution < 1.29 is 9.53 Å². The van der Waals surface area contributed by atoms with Crippen LogP contribution in [0, 0.1) is 0 Å². The zero-order chi connectivity index (χ0) is 18.1. The highest BCUT2D eigenvalue weighted by Gasteiger charge is 2.11. The molecule has 4 aromatic rings. The first-order valence-electron chi connectivity index (χ1n) is 8.10. The molecular formula is C21H16N2O2S. The monoisotopic (exact) mass is 360 g/mol. The molecule has 2 N–H and O–H groups in total. The number of benzene rings is 3. The fraction of sp³-hybridized carbons (Fsp3) is 0.0476. The number of hydrogen-bond acceptors (Lipinski definition) is 4. The van der Waals surface area contributed by atoms with Crippen molar-refractivity contribution in [2.75, 3.05) is 7.11 Å². The summed E-state index contributed by atoms with van der Waals surface area (Å²) in [5.41, 5.74) is 9.77. The Morgan fingerprint density at radius 2 is 1.73 bits per heavy atom. The van der Waals surface area contributed by atoms with Crippen LogP contribution in [0.1, 0.15) is 10.4 Å². The standard InChI is InChI=1S/C21H16N2O2S/c1-25-15-10-11-18-19(12-15)26-21(23-18)14-8-6-13(7-9-14)16-4-2-3-5-17(16)20(22)24/h2-12H,1H3,(H2,22,24). The first-order valence-corrected chi connectivity index (χ1v) is 8.91. The Kier molecular flexibility index (Phi) is 4.14. The van der Waals surface area contributed by atoms with Crippen LogP contribution in [0.5, 0.6) is 5.75 Å². The third-order valence-corrected chi connectivity index (χ3v) is 5.30. The van der Waals surface area contributed by atoms with Crippen LogP contribution in [0.4, 0.5) is 0 Å². The van der Waals surface area contributed by atoms with Gasteiger partial charge in [-0.3, -0.25) is 4.79 Å². The van der Waals surface area contributed by atoms with Gasteiger partial charge in [-0.25, -0.2) is 4.98 Å². The van der Waals surface area contributed by atoms with E-state index >= 15 is 0 Å². The Morgan fingerprint density at radius 1 is 1.00 bits per heavy atom. The molecule has 0 atom stereocenters. The van der Waals surface area contributed by atoms with Gasteiger partial charge in [0.1, 0.15) is 10.8 Å². The fourth-order valence-corrected chi connectivity index (χ4v) is 3.90. The SMILES string of the molecule is COc1ccc2nc(-c3ccc(-c4ccccc4C(N)=O)cc3)sc2c1. The Labute approximate surface area is 154 Å². The molecule has 3 aromatic carbocycles. The number of rotatable bonds is 4. The van der Waals surface area contributed by atoms with Crippen molar-refractivity contribution in [3.8, 4) is 27.4 Å². The molecule has 5 heteroatoms.